The zero-order valence-electron chi connectivity index (χ0n) is 25.7. The van der Waals surface area contributed by atoms with Crippen LogP contribution in [0.1, 0.15) is 61.9 Å². The van der Waals surface area contributed by atoms with E-state index in [0.29, 0.717) is 36.1 Å². The lowest BCUT2D eigenvalue weighted by molar-refractivity contribution is 0.0996. The van der Waals surface area contributed by atoms with Crippen LogP contribution in [-0.2, 0) is 16.6 Å². The van der Waals surface area contributed by atoms with Crippen molar-refractivity contribution < 1.29 is 31.5 Å². The zero-order chi connectivity index (χ0) is 32.6. The molecule has 3 aromatic carbocycles. The Bertz CT molecular complexity index is 1590. The highest BCUT2D eigenvalue weighted by molar-refractivity contribution is 7.92. The number of carbonyl (C=O) groups excluding carboxylic acids is 2. The number of nitrogens with one attached hydrogen (secondary N) is 3. The molecule has 2 unspecified atom stereocenters. The molecule has 1 saturated heterocycles. The molecule has 3 aromatic rings. The number of ether oxygens (including phenoxy) is 1. The largest absolute Gasteiger partial charge is 0.457 e. The molecule has 0 aromatic heterocycles. The number of hydrogen-bond acceptors (Lipinski definition) is 6. The summed E-state index contributed by atoms with van der Waals surface area (Å²) in [5, 5.41) is 5.27. The first-order chi connectivity index (χ1) is 21.5. The van der Waals surface area contributed by atoms with E-state index in [4.69, 9.17) is 10.5 Å². The molecule has 2 atom stereocenters. The number of nitrogens with two attached hydrogens (primary N) is 1. The number of likely N-dealkylation sites (tertiary alicyclic amines) is 1. The number of urea groups is 1. The predicted molar refractivity (Wildman–Crippen MR) is 177 cm³/mol. The van der Waals surface area contributed by atoms with E-state index >= 15 is 0 Å². The number of hydrogen-bond donors (Lipinski definition) is 4. The Labute approximate surface area is 274 Å². The number of amides is 3. The molecule has 14 heteroatoms. The minimum Gasteiger partial charge on any atom is -0.457 e. The van der Waals surface area contributed by atoms with Crippen molar-refractivity contribution in [3.63, 3.8) is 0 Å². The second-order valence-corrected chi connectivity index (χ2v) is 13.0. The van der Waals surface area contributed by atoms with Crippen LogP contribution in [0.2, 0.25) is 0 Å². The van der Waals surface area contributed by atoms with Crippen LogP contribution in [0, 0.1) is 11.6 Å². The van der Waals surface area contributed by atoms with Gasteiger partial charge in [-0.25, -0.2) is 22.0 Å². The normalized spacial score (nSPS) is 16.6. The molecule has 1 fully saturated rings. The molecular weight excluding hydrogens is 640 g/mol. The second kappa shape index (κ2) is 16.6. The fourth-order valence-electron chi connectivity index (χ4n) is 5.23. The highest BCUT2D eigenvalue weighted by atomic mass is 35.5. The van der Waals surface area contributed by atoms with Gasteiger partial charge in [-0.15, -0.1) is 12.4 Å². The maximum atomic E-state index is 14.2. The summed E-state index contributed by atoms with van der Waals surface area (Å²) < 4.78 is 60.0. The van der Waals surface area contributed by atoms with Gasteiger partial charge in [0.2, 0.25) is 10.0 Å². The van der Waals surface area contributed by atoms with Gasteiger partial charge in [0.25, 0.3) is 5.91 Å². The molecule has 1 aliphatic rings. The number of anilines is 2. The fourth-order valence-corrected chi connectivity index (χ4v) is 5.87. The number of nitrogens with zero attached hydrogens (tertiary/aromatic N) is 1. The van der Waals surface area contributed by atoms with Crippen molar-refractivity contribution >= 4 is 45.7 Å². The van der Waals surface area contributed by atoms with Crippen LogP contribution < -0.4 is 25.8 Å². The highest BCUT2D eigenvalue weighted by Gasteiger charge is 2.29. The molecule has 1 aliphatic heterocycles. The van der Waals surface area contributed by atoms with Crippen molar-refractivity contribution in [3.8, 4) is 11.5 Å². The topological polar surface area (TPSA) is 143 Å². The SMILES string of the molecule is CCCCC1CC(NC(=O)Nc2cc(C(N)=O)c(F)cc2F)CCN1Cc1ccc(Oc2ccc(NS(=O)(=O)CC)cc2)cc1.Cl. The number of piperidine rings is 1. The van der Waals surface area contributed by atoms with Gasteiger partial charge in [-0.1, -0.05) is 31.9 Å². The van der Waals surface area contributed by atoms with E-state index in [9.17, 15) is 26.8 Å². The summed E-state index contributed by atoms with van der Waals surface area (Å²) >= 11 is 0. The van der Waals surface area contributed by atoms with Crippen LogP contribution in [0.15, 0.2) is 60.7 Å². The minimum atomic E-state index is -3.35. The van der Waals surface area contributed by atoms with E-state index in [0.717, 1.165) is 44.0 Å². The van der Waals surface area contributed by atoms with Gasteiger partial charge in [-0.3, -0.25) is 14.4 Å². The van der Waals surface area contributed by atoms with E-state index in [1.54, 1.807) is 31.2 Å². The van der Waals surface area contributed by atoms with Crippen molar-refractivity contribution in [1.29, 1.82) is 0 Å². The van der Waals surface area contributed by atoms with Crippen molar-refractivity contribution in [3.05, 3.63) is 83.4 Å². The molecule has 0 spiro atoms. The van der Waals surface area contributed by atoms with Gasteiger partial charge in [0.1, 0.15) is 23.1 Å². The Morgan fingerprint density at radius 2 is 1.65 bits per heavy atom. The van der Waals surface area contributed by atoms with Gasteiger partial charge in [0.15, 0.2) is 0 Å². The second-order valence-electron chi connectivity index (χ2n) is 11.0. The highest BCUT2D eigenvalue weighted by Crippen LogP contribution is 2.27. The van der Waals surface area contributed by atoms with E-state index in [1.165, 1.54) is 0 Å². The standard InChI is InChI=1S/C32H39F2N5O5S.ClH/c1-3-5-6-24-17-23(36-32(41)37-30-18-27(31(35)40)28(33)19-29(30)34)15-16-39(24)20-21-7-11-25(12-8-21)44-26-13-9-22(10-14-26)38-45(42,43)4-2;/h7-14,18-19,23-24,38H,3-6,15-17,20H2,1-2H3,(H2,35,40)(H2,36,37,41);1H. The first-order valence-electron chi connectivity index (χ1n) is 14.9. The Hall–Kier alpha value is -3.94. The summed E-state index contributed by atoms with van der Waals surface area (Å²) in [6.07, 6.45) is 4.41. The Balaban J connectivity index is 0.00000576. The summed E-state index contributed by atoms with van der Waals surface area (Å²) in [6.45, 7) is 5.16. The van der Waals surface area contributed by atoms with Gasteiger partial charge in [0.05, 0.1) is 17.0 Å². The lowest BCUT2D eigenvalue weighted by Gasteiger charge is -2.40. The van der Waals surface area contributed by atoms with Gasteiger partial charge >= 0.3 is 6.03 Å². The van der Waals surface area contributed by atoms with Crippen molar-refractivity contribution in [2.45, 2.75) is 64.6 Å². The van der Waals surface area contributed by atoms with Crippen LogP contribution in [0.4, 0.5) is 25.0 Å². The van der Waals surface area contributed by atoms with Gasteiger partial charge in [-0.2, -0.15) is 0 Å². The third-order valence-corrected chi connectivity index (χ3v) is 8.99. The Morgan fingerprint density at radius 3 is 2.26 bits per heavy atom. The number of benzene rings is 3. The van der Waals surface area contributed by atoms with Gasteiger partial charge < -0.3 is 21.1 Å². The summed E-state index contributed by atoms with van der Waals surface area (Å²) in [5.74, 6) is -1.93. The molecule has 0 radical (unpaired) electrons. The Kier molecular flexibility index (Phi) is 13.2. The van der Waals surface area contributed by atoms with Crippen LogP contribution in [-0.4, -0.2) is 49.6 Å². The van der Waals surface area contributed by atoms with E-state index in [2.05, 4.69) is 27.2 Å². The van der Waals surface area contributed by atoms with Crippen LogP contribution in [0.5, 0.6) is 11.5 Å². The van der Waals surface area contributed by atoms with Crippen molar-refractivity contribution in [1.82, 2.24) is 10.2 Å². The molecule has 3 amide bonds. The van der Waals surface area contributed by atoms with E-state index < -0.39 is 39.2 Å². The number of unbranched alkanes of at least 4 members (excludes halogenated alkanes) is 1. The molecule has 46 heavy (non-hydrogen) atoms. The van der Waals surface area contributed by atoms with Crippen molar-refractivity contribution in [2.24, 2.45) is 5.73 Å². The Morgan fingerprint density at radius 1 is 1.00 bits per heavy atom. The first-order valence-corrected chi connectivity index (χ1v) is 16.6. The molecule has 4 rings (SSSR count). The number of rotatable bonds is 13. The van der Waals surface area contributed by atoms with Crippen LogP contribution in [0.3, 0.4) is 0 Å². The van der Waals surface area contributed by atoms with E-state index in [-0.39, 0.29) is 35.9 Å². The number of primary amides is 1. The third kappa shape index (κ3) is 10.3. The molecule has 10 nitrogen and oxygen atoms in total. The molecular formula is C32H40ClF2N5O5S. The maximum Gasteiger partial charge on any atom is 0.319 e. The van der Waals surface area contributed by atoms with Crippen LogP contribution in [0.25, 0.3) is 0 Å². The first kappa shape index (κ1) is 36.5. The molecule has 250 valence electrons. The lowest BCUT2D eigenvalue weighted by Crippen LogP contribution is -2.50. The smallest absolute Gasteiger partial charge is 0.319 e. The lowest BCUT2D eigenvalue weighted by atomic mass is 9.93. The van der Waals surface area contributed by atoms with E-state index in [1.807, 2.05) is 24.3 Å². The molecule has 0 bridgehead atoms. The van der Waals surface area contributed by atoms with Crippen LogP contribution >= 0.6 is 12.4 Å². The fraction of sp³-hybridized carbons (Fsp3) is 0.375. The summed E-state index contributed by atoms with van der Waals surface area (Å²) in [7, 11) is -3.35. The molecule has 5 N–H and O–H groups in total. The molecule has 1 heterocycles. The molecule has 0 saturated carbocycles. The maximum absolute atomic E-state index is 14.2. The minimum absolute atomic E-state index is 0. The summed E-state index contributed by atoms with van der Waals surface area (Å²) in [5.41, 5.74) is 5.88. The predicted octanol–water partition coefficient (Wildman–Crippen LogP) is 6.38. The monoisotopic (exact) mass is 679 g/mol. The number of halogens is 3. The number of carbonyl (C=O) groups is 2. The summed E-state index contributed by atoms with van der Waals surface area (Å²) in [4.78, 5) is 26.5. The number of sulfonamides is 1. The molecule has 0 aliphatic carbocycles. The zero-order valence-corrected chi connectivity index (χ0v) is 27.4. The average Bonchev–Trinajstić information content (AvgIpc) is 3.00. The average molecular weight is 680 g/mol. The van der Waals surface area contributed by atoms with Gasteiger partial charge in [0, 0.05) is 36.9 Å². The quantitative estimate of drug-likeness (QED) is 0.165. The summed E-state index contributed by atoms with van der Waals surface area (Å²) in [6, 6.07) is 15.3. The van der Waals surface area contributed by atoms with Gasteiger partial charge in [-0.05, 0) is 74.2 Å². The van der Waals surface area contributed by atoms with Crippen molar-refractivity contribution in [2.75, 3.05) is 22.3 Å². The third-order valence-electron chi connectivity index (χ3n) is 7.69.